The molecule has 1 fully saturated rings. The van der Waals surface area contributed by atoms with Crippen LogP contribution in [0.15, 0.2) is 36.5 Å². The number of carbonyl (C=O) groups excluding carboxylic acids is 1. The molecule has 0 amide bonds. The van der Waals surface area contributed by atoms with E-state index in [-0.39, 0.29) is 24.5 Å². The number of hydrogen-bond acceptors (Lipinski definition) is 4. The lowest BCUT2D eigenvalue weighted by molar-refractivity contribution is -0.149. The van der Waals surface area contributed by atoms with Gasteiger partial charge in [0.2, 0.25) is 0 Å². The third-order valence-electron chi connectivity index (χ3n) is 4.41. The van der Waals surface area contributed by atoms with Crippen molar-refractivity contribution in [3.05, 3.63) is 58.7 Å². The number of pyridine rings is 1. The van der Waals surface area contributed by atoms with Crippen LogP contribution in [-0.4, -0.2) is 30.1 Å². The van der Waals surface area contributed by atoms with Crippen LogP contribution in [0.2, 0.25) is 5.02 Å². The highest BCUT2D eigenvalue weighted by Gasteiger charge is 2.23. The van der Waals surface area contributed by atoms with Gasteiger partial charge in [0, 0.05) is 38.5 Å². The Bertz CT molecular complexity index is 763. The van der Waals surface area contributed by atoms with Crippen LogP contribution in [0.1, 0.15) is 24.8 Å². The van der Waals surface area contributed by atoms with Gasteiger partial charge in [-0.3, -0.25) is 4.79 Å². The molecular formula is C19H19ClF2N2O2. The molecule has 26 heavy (non-hydrogen) atoms. The molecule has 1 aromatic carbocycles. The van der Waals surface area contributed by atoms with Crippen LogP contribution in [0.5, 0.6) is 0 Å². The quantitative estimate of drug-likeness (QED) is 0.730. The summed E-state index contributed by atoms with van der Waals surface area (Å²) < 4.78 is 32.2. The Kier molecular flexibility index (Phi) is 6.04. The van der Waals surface area contributed by atoms with Crippen LogP contribution in [-0.2, 0) is 16.0 Å². The van der Waals surface area contributed by atoms with Crippen molar-refractivity contribution in [1.29, 1.82) is 0 Å². The maximum atomic E-state index is 13.6. The number of aryl methyl sites for hydroxylation is 1. The van der Waals surface area contributed by atoms with Gasteiger partial charge in [-0.2, -0.15) is 0 Å². The summed E-state index contributed by atoms with van der Waals surface area (Å²) in [6.07, 6.45) is 2.99. The Labute approximate surface area is 155 Å². The highest BCUT2D eigenvalue weighted by Crippen LogP contribution is 2.21. The monoisotopic (exact) mass is 380 g/mol. The van der Waals surface area contributed by atoms with Crippen molar-refractivity contribution in [2.24, 2.45) is 0 Å². The van der Waals surface area contributed by atoms with Crippen molar-refractivity contribution in [3.8, 4) is 0 Å². The van der Waals surface area contributed by atoms with Crippen molar-refractivity contribution in [1.82, 2.24) is 4.98 Å². The zero-order chi connectivity index (χ0) is 18.5. The highest BCUT2D eigenvalue weighted by molar-refractivity contribution is 6.30. The normalized spacial score (nSPS) is 15.1. The minimum absolute atomic E-state index is 0.0271. The standard InChI is InChI=1S/C19H19ClF2N2O2/c20-14-5-6-17(23-12-14)24-10-8-15(9-11-24)26-18(25)7-4-13-2-1-3-16(21)19(13)22/h1-3,5-6,12,15H,4,7-11H2. The number of esters is 1. The molecule has 0 atom stereocenters. The first kappa shape index (κ1) is 18.6. The summed E-state index contributed by atoms with van der Waals surface area (Å²) in [6, 6.07) is 7.62. The van der Waals surface area contributed by atoms with E-state index >= 15 is 0 Å². The zero-order valence-corrected chi connectivity index (χ0v) is 14.9. The average molecular weight is 381 g/mol. The van der Waals surface area contributed by atoms with Crippen molar-refractivity contribution < 1.29 is 18.3 Å². The van der Waals surface area contributed by atoms with E-state index in [2.05, 4.69) is 9.88 Å². The fraction of sp³-hybridized carbons (Fsp3) is 0.368. The topological polar surface area (TPSA) is 42.4 Å². The lowest BCUT2D eigenvalue weighted by Crippen LogP contribution is -2.38. The number of ether oxygens (including phenoxy) is 1. The van der Waals surface area contributed by atoms with E-state index in [1.54, 1.807) is 12.3 Å². The predicted octanol–water partition coefficient (Wildman–Crippen LogP) is 4.16. The molecule has 1 aliphatic heterocycles. The van der Waals surface area contributed by atoms with Gasteiger partial charge in [0.1, 0.15) is 11.9 Å². The van der Waals surface area contributed by atoms with E-state index < -0.39 is 17.6 Å². The highest BCUT2D eigenvalue weighted by atomic mass is 35.5. The molecule has 0 bridgehead atoms. The summed E-state index contributed by atoms with van der Waals surface area (Å²) in [6.45, 7) is 1.45. The maximum Gasteiger partial charge on any atom is 0.306 e. The van der Waals surface area contributed by atoms with Crippen molar-refractivity contribution in [3.63, 3.8) is 0 Å². The first-order valence-electron chi connectivity index (χ1n) is 8.52. The van der Waals surface area contributed by atoms with Crippen LogP contribution in [0.4, 0.5) is 14.6 Å². The predicted molar refractivity (Wildman–Crippen MR) is 95.3 cm³/mol. The summed E-state index contributed by atoms with van der Waals surface area (Å²) in [5.41, 5.74) is 0.186. The van der Waals surface area contributed by atoms with Crippen molar-refractivity contribution >= 4 is 23.4 Å². The third-order valence-corrected chi connectivity index (χ3v) is 4.63. The Morgan fingerprint density at radius 2 is 2.00 bits per heavy atom. The van der Waals surface area contributed by atoms with E-state index in [0.717, 1.165) is 25.0 Å². The summed E-state index contributed by atoms with van der Waals surface area (Å²) in [5, 5.41) is 0.590. The molecule has 0 spiro atoms. The van der Waals surface area contributed by atoms with Gasteiger partial charge in [-0.15, -0.1) is 0 Å². The average Bonchev–Trinajstić information content (AvgIpc) is 2.64. The fourth-order valence-electron chi connectivity index (χ4n) is 2.98. The van der Waals surface area contributed by atoms with Gasteiger partial charge in [-0.25, -0.2) is 13.8 Å². The zero-order valence-electron chi connectivity index (χ0n) is 14.1. The molecule has 0 radical (unpaired) electrons. The second-order valence-electron chi connectivity index (χ2n) is 6.22. The molecule has 1 saturated heterocycles. The molecule has 2 heterocycles. The minimum atomic E-state index is -0.904. The van der Waals surface area contributed by atoms with Gasteiger partial charge >= 0.3 is 5.97 Å². The Balaban J connectivity index is 1.44. The van der Waals surface area contributed by atoms with Crippen molar-refractivity contribution in [2.75, 3.05) is 18.0 Å². The Morgan fingerprint density at radius 1 is 1.23 bits per heavy atom. The molecule has 0 N–H and O–H groups in total. The smallest absolute Gasteiger partial charge is 0.306 e. The van der Waals surface area contributed by atoms with E-state index in [4.69, 9.17) is 16.3 Å². The molecular weight excluding hydrogens is 362 g/mol. The number of anilines is 1. The summed E-state index contributed by atoms with van der Waals surface area (Å²) in [4.78, 5) is 18.4. The van der Waals surface area contributed by atoms with E-state index in [1.807, 2.05) is 6.07 Å². The van der Waals surface area contributed by atoms with Crippen LogP contribution in [0.3, 0.4) is 0 Å². The molecule has 1 aliphatic rings. The van der Waals surface area contributed by atoms with Crippen LogP contribution in [0, 0.1) is 11.6 Å². The number of carbonyl (C=O) groups is 1. The van der Waals surface area contributed by atoms with Gasteiger partial charge in [-0.1, -0.05) is 23.7 Å². The lowest BCUT2D eigenvalue weighted by Gasteiger charge is -2.32. The number of nitrogens with zero attached hydrogens (tertiary/aromatic N) is 2. The number of piperidine rings is 1. The molecule has 138 valence electrons. The SMILES string of the molecule is O=C(CCc1cccc(F)c1F)OC1CCN(c2ccc(Cl)cn2)CC1. The second-order valence-corrected chi connectivity index (χ2v) is 6.66. The summed E-state index contributed by atoms with van der Waals surface area (Å²) in [7, 11) is 0. The number of rotatable bonds is 5. The number of benzene rings is 1. The molecule has 0 saturated carbocycles. The first-order chi connectivity index (χ1) is 12.5. The number of halogens is 3. The first-order valence-corrected chi connectivity index (χ1v) is 8.89. The van der Waals surface area contributed by atoms with Crippen LogP contribution >= 0.6 is 11.6 Å². The van der Waals surface area contributed by atoms with Gasteiger partial charge in [0.05, 0.1) is 5.02 Å². The Hall–Kier alpha value is -2.21. The molecule has 1 aromatic heterocycles. The molecule has 0 aliphatic carbocycles. The summed E-state index contributed by atoms with van der Waals surface area (Å²) in [5.74, 6) is -1.35. The van der Waals surface area contributed by atoms with Crippen LogP contribution < -0.4 is 4.90 Å². The fourth-order valence-corrected chi connectivity index (χ4v) is 3.09. The minimum Gasteiger partial charge on any atom is -0.462 e. The molecule has 2 aromatic rings. The third kappa shape index (κ3) is 4.69. The van der Waals surface area contributed by atoms with Gasteiger partial charge in [0.15, 0.2) is 11.6 Å². The van der Waals surface area contributed by atoms with Crippen molar-refractivity contribution in [2.45, 2.75) is 31.8 Å². The van der Waals surface area contributed by atoms with E-state index in [0.29, 0.717) is 17.9 Å². The Morgan fingerprint density at radius 3 is 2.69 bits per heavy atom. The summed E-state index contributed by atoms with van der Waals surface area (Å²) >= 11 is 5.84. The van der Waals surface area contributed by atoms with E-state index in [1.165, 1.54) is 12.1 Å². The molecule has 4 nitrogen and oxygen atoms in total. The molecule has 3 rings (SSSR count). The molecule has 7 heteroatoms. The second kappa shape index (κ2) is 8.45. The lowest BCUT2D eigenvalue weighted by atomic mass is 10.1. The van der Waals surface area contributed by atoms with Gasteiger partial charge < -0.3 is 9.64 Å². The van der Waals surface area contributed by atoms with E-state index in [9.17, 15) is 13.6 Å². The number of aromatic nitrogens is 1. The number of hydrogen-bond donors (Lipinski definition) is 0. The van der Waals surface area contributed by atoms with Gasteiger partial charge in [0.25, 0.3) is 0 Å². The van der Waals surface area contributed by atoms with Gasteiger partial charge in [-0.05, 0) is 30.2 Å². The molecule has 0 unspecified atom stereocenters. The maximum absolute atomic E-state index is 13.6. The van der Waals surface area contributed by atoms with Crippen LogP contribution in [0.25, 0.3) is 0 Å². The largest absolute Gasteiger partial charge is 0.462 e.